The van der Waals surface area contributed by atoms with Crippen LogP contribution in [0.25, 0.3) is 0 Å². The van der Waals surface area contributed by atoms with Crippen LogP contribution < -0.4 is 16.0 Å². The molecule has 7 heteroatoms. The first-order chi connectivity index (χ1) is 9.50. The third kappa shape index (κ3) is 2.71. The Labute approximate surface area is 115 Å². The highest BCUT2D eigenvalue weighted by Crippen LogP contribution is 2.32. The molecule has 0 aromatic heterocycles. The third-order valence-electron chi connectivity index (χ3n) is 3.13. The summed E-state index contributed by atoms with van der Waals surface area (Å²) in [6, 6.07) is 5.57. The fourth-order valence-corrected chi connectivity index (χ4v) is 2.21. The number of nitrogens with two attached hydrogens (primary N) is 1. The summed E-state index contributed by atoms with van der Waals surface area (Å²) in [5.74, 6) is -1.59. The van der Waals surface area contributed by atoms with E-state index in [0.29, 0.717) is 5.69 Å². The summed E-state index contributed by atoms with van der Waals surface area (Å²) in [5.41, 5.74) is 6.38. The lowest BCUT2D eigenvalue weighted by Crippen LogP contribution is -2.48. The molecular formula is C13H15N3O4. The van der Waals surface area contributed by atoms with Crippen LogP contribution in [0.5, 0.6) is 0 Å². The molecule has 1 heterocycles. The average Bonchev–Trinajstić information content (AvgIpc) is 2.77. The van der Waals surface area contributed by atoms with Gasteiger partial charge in [0.05, 0.1) is 0 Å². The molecule has 2 rings (SSSR count). The van der Waals surface area contributed by atoms with Crippen LogP contribution in [0.15, 0.2) is 24.3 Å². The Morgan fingerprint density at radius 2 is 2.05 bits per heavy atom. The Kier molecular flexibility index (Phi) is 3.88. The average molecular weight is 277 g/mol. The molecule has 0 fully saturated rings. The van der Waals surface area contributed by atoms with Crippen LogP contribution in [0, 0.1) is 0 Å². The summed E-state index contributed by atoms with van der Waals surface area (Å²) in [4.78, 5) is 35.2. The Hall–Kier alpha value is -2.57. The predicted molar refractivity (Wildman–Crippen MR) is 71.3 cm³/mol. The van der Waals surface area contributed by atoms with Gasteiger partial charge in [-0.2, -0.15) is 0 Å². The van der Waals surface area contributed by atoms with Crippen molar-refractivity contribution in [3.05, 3.63) is 29.8 Å². The van der Waals surface area contributed by atoms with E-state index in [4.69, 9.17) is 5.73 Å². The molecular weight excluding hydrogens is 262 g/mol. The van der Waals surface area contributed by atoms with Crippen LogP contribution in [0.2, 0.25) is 0 Å². The van der Waals surface area contributed by atoms with Gasteiger partial charge in [-0.3, -0.25) is 9.69 Å². The van der Waals surface area contributed by atoms with Crippen molar-refractivity contribution < 1.29 is 19.5 Å². The van der Waals surface area contributed by atoms with Gasteiger partial charge in [-0.1, -0.05) is 18.2 Å². The minimum Gasteiger partial charge on any atom is -0.480 e. The highest BCUT2D eigenvalue weighted by Gasteiger charge is 2.38. The van der Waals surface area contributed by atoms with E-state index in [9.17, 15) is 19.5 Å². The van der Waals surface area contributed by atoms with Crippen molar-refractivity contribution in [2.75, 3.05) is 11.4 Å². The van der Waals surface area contributed by atoms with E-state index >= 15 is 0 Å². The number of aliphatic carboxylic acids is 1. The number of hydrogen-bond acceptors (Lipinski definition) is 3. The fraction of sp³-hybridized carbons (Fsp3) is 0.308. The maximum Gasteiger partial charge on any atom is 0.327 e. The van der Waals surface area contributed by atoms with Gasteiger partial charge in [0, 0.05) is 25.1 Å². The third-order valence-corrected chi connectivity index (χ3v) is 3.13. The van der Waals surface area contributed by atoms with Gasteiger partial charge >= 0.3 is 12.0 Å². The van der Waals surface area contributed by atoms with Gasteiger partial charge < -0.3 is 16.2 Å². The zero-order valence-electron chi connectivity index (χ0n) is 10.7. The molecule has 4 N–H and O–H groups in total. The molecule has 20 heavy (non-hydrogen) atoms. The van der Waals surface area contributed by atoms with Crippen LogP contribution in [0.1, 0.15) is 12.0 Å². The maximum atomic E-state index is 12.1. The van der Waals surface area contributed by atoms with Crippen LogP contribution in [0.3, 0.4) is 0 Å². The first-order valence-corrected chi connectivity index (χ1v) is 6.17. The molecule has 1 unspecified atom stereocenters. The summed E-state index contributed by atoms with van der Waals surface area (Å²) in [7, 11) is 0. The van der Waals surface area contributed by atoms with Gasteiger partial charge in [-0.25, -0.2) is 9.59 Å². The number of anilines is 1. The van der Waals surface area contributed by atoms with Crippen molar-refractivity contribution in [2.24, 2.45) is 5.73 Å². The van der Waals surface area contributed by atoms with Crippen LogP contribution in [-0.4, -0.2) is 35.6 Å². The van der Waals surface area contributed by atoms with Gasteiger partial charge in [-0.05, 0) is 11.6 Å². The van der Waals surface area contributed by atoms with Crippen LogP contribution in [-0.2, 0) is 16.0 Å². The second kappa shape index (κ2) is 5.60. The number of carboxylic acid groups (broad SMARTS) is 1. The Morgan fingerprint density at radius 1 is 1.35 bits per heavy atom. The number of para-hydroxylation sites is 1. The quantitative estimate of drug-likeness (QED) is 0.723. The number of carboxylic acids is 1. The van der Waals surface area contributed by atoms with Crippen LogP contribution in [0.4, 0.5) is 10.5 Å². The van der Waals surface area contributed by atoms with Crippen molar-refractivity contribution >= 4 is 23.6 Å². The molecule has 0 saturated carbocycles. The lowest BCUT2D eigenvalue weighted by atomic mass is 10.1. The molecule has 3 amide bonds. The number of primary amides is 1. The summed E-state index contributed by atoms with van der Waals surface area (Å²) in [6.45, 7) is 0.0825. The van der Waals surface area contributed by atoms with Crippen molar-refractivity contribution in [3.63, 3.8) is 0 Å². The maximum absolute atomic E-state index is 12.1. The van der Waals surface area contributed by atoms with E-state index in [1.807, 2.05) is 0 Å². The Bertz CT molecular complexity index is 558. The van der Waals surface area contributed by atoms with Gasteiger partial charge in [0.2, 0.25) is 5.91 Å². The van der Waals surface area contributed by atoms with E-state index in [1.54, 1.807) is 24.3 Å². The van der Waals surface area contributed by atoms with Gasteiger partial charge in [0.25, 0.3) is 0 Å². The molecule has 1 aliphatic rings. The van der Waals surface area contributed by atoms with Crippen molar-refractivity contribution in [2.45, 2.75) is 18.9 Å². The molecule has 0 spiro atoms. The minimum absolute atomic E-state index is 0.0129. The minimum atomic E-state index is -1.06. The summed E-state index contributed by atoms with van der Waals surface area (Å²) in [6.07, 6.45) is 0.285. The van der Waals surface area contributed by atoms with E-state index < -0.39 is 23.9 Å². The summed E-state index contributed by atoms with van der Waals surface area (Å²) < 4.78 is 0. The lowest BCUT2D eigenvalue weighted by Gasteiger charge is -2.22. The normalized spacial score (nSPS) is 16.6. The number of benzene rings is 1. The number of rotatable bonds is 4. The first kappa shape index (κ1) is 13.9. The number of nitrogens with one attached hydrogen (secondary N) is 1. The molecule has 1 aromatic carbocycles. The number of carbonyl (C=O) groups is 3. The Balaban J connectivity index is 2.16. The molecule has 1 aromatic rings. The van der Waals surface area contributed by atoms with Gasteiger partial charge in [0.1, 0.15) is 6.04 Å². The van der Waals surface area contributed by atoms with Crippen molar-refractivity contribution in [1.82, 2.24) is 5.32 Å². The first-order valence-electron chi connectivity index (χ1n) is 6.17. The number of hydrogen-bond donors (Lipinski definition) is 3. The standard InChI is InChI=1S/C13H15N3O4/c14-11(17)5-6-15-13(20)16-9-4-2-1-3-8(9)7-10(16)12(18)19/h1-4,10H,5-7H2,(H2,14,17)(H,15,20)(H,18,19). The van der Waals surface area contributed by atoms with E-state index in [1.165, 1.54) is 4.90 Å². The van der Waals surface area contributed by atoms with Crippen molar-refractivity contribution in [3.8, 4) is 0 Å². The summed E-state index contributed by atoms with van der Waals surface area (Å²) >= 11 is 0. The number of amides is 3. The highest BCUT2D eigenvalue weighted by molar-refractivity contribution is 6.01. The molecule has 1 atom stereocenters. The monoisotopic (exact) mass is 277 g/mol. The van der Waals surface area contributed by atoms with Gasteiger partial charge in [-0.15, -0.1) is 0 Å². The van der Waals surface area contributed by atoms with E-state index in [2.05, 4.69) is 5.32 Å². The zero-order chi connectivity index (χ0) is 14.7. The topological polar surface area (TPSA) is 113 Å². The molecule has 0 radical (unpaired) electrons. The number of nitrogens with zero attached hydrogens (tertiary/aromatic N) is 1. The van der Waals surface area contributed by atoms with Gasteiger partial charge in [0.15, 0.2) is 0 Å². The number of urea groups is 1. The molecule has 7 nitrogen and oxygen atoms in total. The zero-order valence-corrected chi connectivity index (χ0v) is 10.7. The molecule has 1 aliphatic heterocycles. The fourth-order valence-electron chi connectivity index (χ4n) is 2.21. The lowest BCUT2D eigenvalue weighted by molar-refractivity contribution is -0.138. The van der Waals surface area contributed by atoms with Crippen LogP contribution >= 0.6 is 0 Å². The molecule has 106 valence electrons. The Morgan fingerprint density at radius 3 is 2.70 bits per heavy atom. The summed E-state index contributed by atoms with van der Waals surface area (Å²) in [5, 5.41) is 11.7. The number of fused-ring (bicyclic) bond motifs is 1. The largest absolute Gasteiger partial charge is 0.480 e. The second-order valence-corrected chi connectivity index (χ2v) is 4.51. The smallest absolute Gasteiger partial charge is 0.327 e. The van der Waals surface area contributed by atoms with E-state index in [-0.39, 0.29) is 19.4 Å². The molecule has 0 bridgehead atoms. The highest BCUT2D eigenvalue weighted by atomic mass is 16.4. The SMILES string of the molecule is NC(=O)CCNC(=O)N1c2ccccc2CC1C(=O)O. The second-order valence-electron chi connectivity index (χ2n) is 4.51. The van der Waals surface area contributed by atoms with Crippen molar-refractivity contribution in [1.29, 1.82) is 0 Å². The molecule has 0 saturated heterocycles. The number of carbonyl (C=O) groups excluding carboxylic acids is 2. The van der Waals surface area contributed by atoms with E-state index in [0.717, 1.165) is 5.56 Å². The molecule has 0 aliphatic carbocycles. The predicted octanol–water partition coefficient (Wildman–Crippen LogP) is 0.0873.